The molecule has 4 rings (SSSR count). The number of carbonyl (C=O) groups excluding carboxylic acids is 1. The Labute approximate surface area is 112 Å². The van der Waals surface area contributed by atoms with Gasteiger partial charge in [-0.2, -0.15) is 15.4 Å². The average molecular weight is 264 g/mol. The van der Waals surface area contributed by atoms with E-state index in [4.69, 9.17) is 4.74 Å². The number of aromatic nitrogens is 3. The molecule has 3 fully saturated rings. The third-order valence-corrected chi connectivity index (χ3v) is 4.85. The monoisotopic (exact) mass is 264 g/mol. The van der Waals surface area contributed by atoms with Crippen LogP contribution in [-0.4, -0.2) is 33.6 Å². The Balaban J connectivity index is 1.69. The SMILES string of the molecule is CCOC(=O)NC12CCC(c3cn[nH]n3)(CC1)CC2. The lowest BCUT2D eigenvalue weighted by atomic mass is 9.56. The molecule has 0 saturated heterocycles. The highest BCUT2D eigenvalue weighted by molar-refractivity contribution is 5.68. The quantitative estimate of drug-likeness (QED) is 0.873. The summed E-state index contributed by atoms with van der Waals surface area (Å²) in [5, 5.41) is 14.0. The van der Waals surface area contributed by atoms with E-state index in [1.54, 1.807) is 0 Å². The van der Waals surface area contributed by atoms with Crippen LogP contribution in [-0.2, 0) is 10.2 Å². The fraction of sp³-hybridized carbons (Fsp3) is 0.769. The van der Waals surface area contributed by atoms with E-state index in [1.807, 2.05) is 13.1 Å². The van der Waals surface area contributed by atoms with Crippen molar-refractivity contribution in [1.82, 2.24) is 20.7 Å². The van der Waals surface area contributed by atoms with Crippen LogP contribution in [0.25, 0.3) is 0 Å². The number of hydrogen-bond donors (Lipinski definition) is 2. The third kappa shape index (κ3) is 2.09. The van der Waals surface area contributed by atoms with Crippen LogP contribution in [0.2, 0.25) is 0 Å². The van der Waals surface area contributed by atoms with Crippen LogP contribution in [0.1, 0.15) is 51.1 Å². The summed E-state index contributed by atoms with van der Waals surface area (Å²) < 4.78 is 5.01. The highest BCUT2D eigenvalue weighted by atomic mass is 16.5. The summed E-state index contributed by atoms with van der Waals surface area (Å²) in [6.45, 7) is 2.25. The molecular weight excluding hydrogens is 244 g/mol. The van der Waals surface area contributed by atoms with Gasteiger partial charge in [0, 0.05) is 11.0 Å². The zero-order valence-electron chi connectivity index (χ0n) is 11.2. The number of amides is 1. The summed E-state index contributed by atoms with van der Waals surface area (Å²) in [6, 6.07) is 0. The minimum absolute atomic E-state index is 0.0578. The van der Waals surface area contributed by atoms with E-state index in [9.17, 15) is 4.79 Å². The van der Waals surface area contributed by atoms with Crippen molar-refractivity contribution < 1.29 is 9.53 Å². The predicted molar refractivity (Wildman–Crippen MR) is 68.7 cm³/mol. The molecule has 0 radical (unpaired) electrons. The molecule has 3 aliphatic carbocycles. The van der Waals surface area contributed by atoms with Crippen LogP contribution >= 0.6 is 0 Å². The van der Waals surface area contributed by atoms with E-state index >= 15 is 0 Å². The van der Waals surface area contributed by atoms with Crippen molar-refractivity contribution >= 4 is 6.09 Å². The number of alkyl carbamates (subject to hydrolysis) is 1. The molecule has 19 heavy (non-hydrogen) atoms. The molecule has 1 heterocycles. The molecule has 1 amide bonds. The molecule has 2 bridgehead atoms. The number of ether oxygens (including phenoxy) is 1. The molecule has 1 aromatic heterocycles. The van der Waals surface area contributed by atoms with Gasteiger partial charge >= 0.3 is 6.09 Å². The van der Waals surface area contributed by atoms with Crippen molar-refractivity contribution in [3.8, 4) is 0 Å². The number of H-pyrrole nitrogens is 1. The van der Waals surface area contributed by atoms with Crippen molar-refractivity contribution in [1.29, 1.82) is 0 Å². The Bertz CT molecular complexity index is 433. The van der Waals surface area contributed by atoms with Crippen LogP contribution < -0.4 is 5.32 Å². The van der Waals surface area contributed by atoms with Crippen LogP contribution in [0.4, 0.5) is 4.79 Å². The predicted octanol–water partition coefficient (Wildman–Crippen LogP) is 1.90. The number of nitrogens with zero attached hydrogens (tertiary/aromatic N) is 2. The number of hydrogen-bond acceptors (Lipinski definition) is 4. The van der Waals surface area contributed by atoms with Crippen molar-refractivity contribution in [2.45, 2.75) is 56.4 Å². The summed E-state index contributed by atoms with van der Waals surface area (Å²) >= 11 is 0. The second-order valence-electron chi connectivity index (χ2n) is 5.76. The van der Waals surface area contributed by atoms with E-state index in [1.165, 1.54) is 0 Å². The van der Waals surface area contributed by atoms with Gasteiger partial charge in [0.1, 0.15) is 0 Å². The number of rotatable bonds is 3. The van der Waals surface area contributed by atoms with Gasteiger partial charge < -0.3 is 10.1 Å². The molecule has 0 aromatic carbocycles. The van der Waals surface area contributed by atoms with Crippen molar-refractivity contribution in [3.63, 3.8) is 0 Å². The van der Waals surface area contributed by atoms with Gasteiger partial charge in [-0.05, 0) is 45.4 Å². The summed E-state index contributed by atoms with van der Waals surface area (Å²) in [7, 11) is 0. The van der Waals surface area contributed by atoms with Crippen molar-refractivity contribution in [2.24, 2.45) is 0 Å². The van der Waals surface area contributed by atoms with Gasteiger partial charge in [-0.1, -0.05) is 0 Å². The summed E-state index contributed by atoms with van der Waals surface area (Å²) in [5.74, 6) is 0. The molecule has 2 N–H and O–H groups in total. The molecule has 3 saturated carbocycles. The smallest absolute Gasteiger partial charge is 0.407 e. The Morgan fingerprint density at radius 1 is 1.37 bits per heavy atom. The van der Waals surface area contributed by atoms with Crippen LogP contribution in [0, 0.1) is 0 Å². The Morgan fingerprint density at radius 3 is 2.58 bits per heavy atom. The summed E-state index contributed by atoms with van der Waals surface area (Å²) in [4.78, 5) is 11.6. The van der Waals surface area contributed by atoms with Crippen molar-refractivity contribution in [2.75, 3.05) is 6.61 Å². The van der Waals surface area contributed by atoms with Gasteiger partial charge in [0.05, 0.1) is 18.5 Å². The topological polar surface area (TPSA) is 79.9 Å². The van der Waals surface area contributed by atoms with Gasteiger partial charge in [0.25, 0.3) is 0 Å². The first-order chi connectivity index (χ1) is 9.18. The fourth-order valence-corrected chi connectivity index (χ4v) is 3.60. The lowest BCUT2D eigenvalue weighted by molar-refractivity contribution is 0.0644. The van der Waals surface area contributed by atoms with Crippen LogP contribution in [0.15, 0.2) is 6.20 Å². The Hall–Kier alpha value is -1.59. The maximum Gasteiger partial charge on any atom is 0.407 e. The third-order valence-electron chi connectivity index (χ3n) is 4.85. The van der Waals surface area contributed by atoms with Crippen LogP contribution in [0.3, 0.4) is 0 Å². The van der Waals surface area contributed by atoms with Gasteiger partial charge in [-0.3, -0.25) is 0 Å². The largest absolute Gasteiger partial charge is 0.450 e. The van der Waals surface area contributed by atoms with E-state index in [0.29, 0.717) is 6.61 Å². The minimum atomic E-state index is -0.279. The second-order valence-corrected chi connectivity index (χ2v) is 5.76. The van der Waals surface area contributed by atoms with Gasteiger partial charge in [0.2, 0.25) is 0 Å². The molecule has 6 heteroatoms. The summed E-state index contributed by atoms with van der Waals surface area (Å²) in [6.07, 6.45) is 7.75. The van der Waals surface area contributed by atoms with E-state index < -0.39 is 0 Å². The first kappa shape index (κ1) is 12.4. The van der Waals surface area contributed by atoms with Crippen molar-refractivity contribution in [3.05, 3.63) is 11.9 Å². The number of aromatic amines is 1. The zero-order valence-corrected chi connectivity index (χ0v) is 11.2. The van der Waals surface area contributed by atoms with E-state index in [-0.39, 0.29) is 17.0 Å². The molecule has 1 aromatic rings. The molecule has 0 aliphatic heterocycles. The lowest BCUT2D eigenvalue weighted by Crippen LogP contribution is -2.57. The Kier molecular flexibility index (Phi) is 2.95. The van der Waals surface area contributed by atoms with Gasteiger partial charge in [-0.15, -0.1) is 0 Å². The first-order valence-corrected chi connectivity index (χ1v) is 6.99. The molecule has 3 aliphatic rings. The number of carbonyl (C=O) groups is 1. The summed E-state index contributed by atoms with van der Waals surface area (Å²) in [5.41, 5.74) is 1.19. The zero-order chi connectivity index (χ0) is 13.3. The van der Waals surface area contributed by atoms with Gasteiger partial charge in [-0.25, -0.2) is 4.79 Å². The normalized spacial score (nSPS) is 33.1. The molecular formula is C13H20N4O2. The number of nitrogens with one attached hydrogen (secondary N) is 2. The highest BCUT2D eigenvalue weighted by Gasteiger charge is 2.51. The number of fused-ring (bicyclic) bond motifs is 3. The lowest BCUT2D eigenvalue weighted by Gasteiger charge is -2.52. The molecule has 104 valence electrons. The van der Waals surface area contributed by atoms with Crippen LogP contribution in [0.5, 0.6) is 0 Å². The second kappa shape index (κ2) is 4.51. The standard InChI is InChI=1S/C13H20N4O2/c1-2-19-11(18)15-13-6-3-12(4-7-13,5-8-13)10-9-14-17-16-10/h9H,2-8H2,1H3,(H,15,18)(H,14,16,17). The minimum Gasteiger partial charge on any atom is -0.450 e. The van der Waals surface area contributed by atoms with E-state index in [2.05, 4.69) is 20.7 Å². The van der Waals surface area contributed by atoms with Gasteiger partial charge in [0.15, 0.2) is 0 Å². The molecule has 0 unspecified atom stereocenters. The Morgan fingerprint density at radius 2 is 2.05 bits per heavy atom. The first-order valence-electron chi connectivity index (χ1n) is 6.99. The maximum absolute atomic E-state index is 11.6. The highest BCUT2D eigenvalue weighted by Crippen LogP contribution is 2.52. The molecule has 0 spiro atoms. The molecule has 6 nitrogen and oxygen atoms in total. The average Bonchev–Trinajstić information content (AvgIpc) is 2.95. The maximum atomic E-state index is 11.6. The van der Waals surface area contributed by atoms with E-state index in [0.717, 1.165) is 44.2 Å². The fourth-order valence-electron chi connectivity index (χ4n) is 3.60. The molecule has 0 atom stereocenters.